The van der Waals surface area contributed by atoms with Gasteiger partial charge in [-0.1, -0.05) is 12.7 Å². The Morgan fingerprint density at radius 2 is 2.11 bits per heavy atom. The van der Waals surface area contributed by atoms with E-state index in [1.165, 1.54) is 12.1 Å². The molecule has 0 aliphatic carbocycles. The fourth-order valence-electron chi connectivity index (χ4n) is 1.38. The van der Waals surface area contributed by atoms with Crippen molar-refractivity contribution in [3.05, 3.63) is 41.7 Å². The molecule has 0 aliphatic heterocycles. The summed E-state index contributed by atoms with van der Waals surface area (Å²) in [6, 6.07) is 4.50. The standard InChI is InChI=1S/C14H18FNO2/c1-5-10-6-11(8-12(15)7-10)9-16-13(17)18-14(2,3)4/h5-8H,1,9H2,2-4H3,(H,16,17). The molecular formula is C14H18FNO2. The van der Waals surface area contributed by atoms with Crippen LogP contribution in [0.25, 0.3) is 6.08 Å². The maximum Gasteiger partial charge on any atom is 0.407 e. The number of alkyl carbamates (subject to hydrolysis) is 1. The monoisotopic (exact) mass is 251 g/mol. The van der Waals surface area contributed by atoms with Crippen molar-refractivity contribution in [2.75, 3.05) is 0 Å². The first kappa shape index (κ1) is 14.2. The van der Waals surface area contributed by atoms with Gasteiger partial charge >= 0.3 is 6.09 Å². The van der Waals surface area contributed by atoms with E-state index in [0.717, 1.165) is 0 Å². The van der Waals surface area contributed by atoms with Gasteiger partial charge in [0.15, 0.2) is 0 Å². The summed E-state index contributed by atoms with van der Waals surface area (Å²) in [4.78, 5) is 11.4. The Morgan fingerprint density at radius 3 is 2.67 bits per heavy atom. The van der Waals surface area contributed by atoms with E-state index in [0.29, 0.717) is 11.1 Å². The van der Waals surface area contributed by atoms with E-state index in [4.69, 9.17) is 4.74 Å². The van der Waals surface area contributed by atoms with Gasteiger partial charge in [0.1, 0.15) is 11.4 Å². The fourth-order valence-corrected chi connectivity index (χ4v) is 1.38. The Labute approximate surface area is 107 Å². The number of amides is 1. The molecule has 0 radical (unpaired) electrons. The van der Waals surface area contributed by atoms with Crippen molar-refractivity contribution in [1.82, 2.24) is 5.32 Å². The number of halogens is 1. The van der Waals surface area contributed by atoms with Crippen molar-refractivity contribution in [1.29, 1.82) is 0 Å². The van der Waals surface area contributed by atoms with Gasteiger partial charge in [-0.3, -0.25) is 0 Å². The third-order valence-electron chi connectivity index (χ3n) is 2.05. The lowest BCUT2D eigenvalue weighted by molar-refractivity contribution is 0.0523. The van der Waals surface area contributed by atoms with Crippen molar-refractivity contribution >= 4 is 12.2 Å². The van der Waals surface area contributed by atoms with E-state index in [1.807, 2.05) is 0 Å². The predicted octanol–water partition coefficient (Wildman–Crippen LogP) is 3.49. The highest BCUT2D eigenvalue weighted by atomic mass is 19.1. The molecule has 98 valence electrons. The molecule has 0 aliphatic rings. The number of ether oxygens (including phenoxy) is 1. The number of carbonyl (C=O) groups is 1. The van der Waals surface area contributed by atoms with Crippen LogP contribution in [0, 0.1) is 5.82 Å². The lowest BCUT2D eigenvalue weighted by Crippen LogP contribution is -2.32. The predicted molar refractivity (Wildman–Crippen MR) is 69.6 cm³/mol. The molecule has 1 rings (SSSR count). The molecule has 0 saturated heterocycles. The first-order valence-electron chi connectivity index (χ1n) is 5.69. The van der Waals surface area contributed by atoms with Crippen LogP contribution >= 0.6 is 0 Å². The molecule has 0 unspecified atom stereocenters. The highest BCUT2D eigenvalue weighted by Gasteiger charge is 2.15. The number of nitrogens with one attached hydrogen (secondary N) is 1. The summed E-state index contributed by atoms with van der Waals surface area (Å²) in [6.07, 6.45) is 1.03. The average Bonchev–Trinajstić information content (AvgIpc) is 2.23. The SMILES string of the molecule is C=Cc1cc(F)cc(CNC(=O)OC(C)(C)C)c1. The Bertz CT molecular complexity index is 450. The lowest BCUT2D eigenvalue weighted by Gasteiger charge is -2.19. The van der Waals surface area contributed by atoms with Gasteiger partial charge < -0.3 is 10.1 Å². The molecule has 1 aromatic rings. The molecule has 4 heteroatoms. The summed E-state index contributed by atoms with van der Waals surface area (Å²) >= 11 is 0. The van der Waals surface area contributed by atoms with Gasteiger partial charge in [0.2, 0.25) is 0 Å². The summed E-state index contributed by atoms with van der Waals surface area (Å²) in [5.74, 6) is -0.353. The van der Waals surface area contributed by atoms with Crippen LogP contribution in [0.4, 0.5) is 9.18 Å². The molecule has 0 saturated carbocycles. The summed E-state index contributed by atoms with van der Waals surface area (Å²) in [5, 5.41) is 2.57. The van der Waals surface area contributed by atoms with Crippen molar-refractivity contribution < 1.29 is 13.9 Å². The summed E-state index contributed by atoms with van der Waals surface area (Å²) < 4.78 is 18.3. The first-order valence-corrected chi connectivity index (χ1v) is 5.69. The van der Waals surface area contributed by atoms with E-state index in [2.05, 4.69) is 11.9 Å². The number of carbonyl (C=O) groups excluding carboxylic acids is 1. The molecule has 0 bridgehead atoms. The van der Waals surface area contributed by atoms with E-state index in [-0.39, 0.29) is 12.4 Å². The van der Waals surface area contributed by atoms with Crippen molar-refractivity contribution in [2.24, 2.45) is 0 Å². The number of benzene rings is 1. The van der Waals surface area contributed by atoms with Gasteiger partial charge in [-0.25, -0.2) is 9.18 Å². The largest absolute Gasteiger partial charge is 0.444 e. The zero-order chi connectivity index (χ0) is 13.8. The molecule has 3 nitrogen and oxygen atoms in total. The topological polar surface area (TPSA) is 38.3 Å². The first-order chi connectivity index (χ1) is 8.30. The number of rotatable bonds is 3. The van der Waals surface area contributed by atoms with Crippen LogP contribution in [0.5, 0.6) is 0 Å². The van der Waals surface area contributed by atoms with E-state index in [1.54, 1.807) is 32.9 Å². The van der Waals surface area contributed by atoms with E-state index < -0.39 is 11.7 Å². The van der Waals surface area contributed by atoms with Crippen LogP contribution < -0.4 is 5.32 Å². The van der Waals surface area contributed by atoms with Crippen LogP contribution in [0.1, 0.15) is 31.9 Å². The lowest BCUT2D eigenvalue weighted by atomic mass is 10.1. The normalized spacial score (nSPS) is 10.9. The fraction of sp³-hybridized carbons (Fsp3) is 0.357. The molecule has 0 fully saturated rings. The molecule has 1 aromatic carbocycles. The van der Waals surface area contributed by atoms with Gasteiger partial charge in [0.25, 0.3) is 0 Å². The van der Waals surface area contributed by atoms with Gasteiger partial charge in [0.05, 0.1) is 0 Å². The second-order valence-electron chi connectivity index (χ2n) is 4.95. The third kappa shape index (κ3) is 4.99. The molecule has 0 spiro atoms. The number of hydrogen-bond donors (Lipinski definition) is 1. The second-order valence-corrected chi connectivity index (χ2v) is 4.95. The highest BCUT2D eigenvalue weighted by molar-refractivity contribution is 5.67. The second kappa shape index (κ2) is 5.67. The summed E-state index contributed by atoms with van der Waals surface area (Å²) in [6.45, 7) is 9.14. The van der Waals surface area contributed by atoms with Gasteiger partial charge in [-0.15, -0.1) is 0 Å². The maximum absolute atomic E-state index is 13.2. The van der Waals surface area contributed by atoms with Crippen molar-refractivity contribution in [2.45, 2.75) is 32.9 Å². The molecule has 0 atom stereocenters. The molecular weight excluding hydrogens is 233 g/mol. The zero-order valence-electron chi connectivity index (χ0n) is 10.9. The van der Waals surface area contributed by atoms with E-state index in [9.17, 15) is 9.18 Å². The van der Waals surface area contributed by atoms with Crippen LogP contribution in [0.2, 0.25) is 0 Å². The summed E-state index contributed by atoms with van der Waals surface area (Å²) in [5.41, 5.74) is 0.796. The highest BCUT2D eigenvalue weighted by Crippen LogP contribution is 2.11. The van der Waals surface area contributed by atoms with Gasteiger partial charge in [-0.2, -0.15) is 0 Å². The molecule has 0 aromatic heterocycles. The molecule has 18 heavy (non-hydrogen) atoms. The van der Waals surface area contributed by atoms with Crippen LogP contribution in [-0.2, 0) is 11.3 Å². The minimum absolute atomic E-state index is 0.216. The zero-order valence-corrected chi connectivity index (χ0v) is 10.9. The molecule has 1 amide bonds. The van der Waals surface area contributed by atoms with Crippen LogP contribution in [0.3, 0.4) is 0 Å². The third-order valence-corrected chi connectivity index (χ3v) is 2.05. The van der Waals surface area contributed by atoms with Gasteiger partial charge in [0, 0.05) is 6.54 Å². The summed E-state index contributed by atoms with van der Waals surface area (Å²) in [7, 11) is 0. The minimum atomic E-state index is -0.543. The quantitative estimate of drug-likeness (QED) is 0.893. The van der Waals surface area contributed by atoms with Crippen LogP contribution in [0.15, 0.2) is 24.8 Å². The Kier molecular flexibility index (Phi) is 4.48. The van der Waals surface area contributed by atoms with Gasteiger partial charge in [-0.05, 0) is 50.1 Å². The van der Waals surface area contributed by atoms with Crippen molar-refractivity contribution in [3.63, 3.8) is 0 Å². The van der Waals surface area contributed by atoms with Crippen molar-refractivity contribution in [3.8, 4) is 0 Å². The Hall–Kier alpha value is -1.84. The molecule has 0 heterocycles. The maximum atomic E-state index is 13.2. The number of hydrogen-bond acceptors (Lipinski definition) is 2. The van der Waals surface area contributed by atoms with E-state index >= 15 is 0 Å². The molecule has 1 N–H and O–H groups in total. The Balaban J connectivity index is 2.61. The van der Waals surface area contributed by atoms with Crippen LogP contribution in [-0.4, -0.2) is 11.7 Å². The minimum Gasteiger partial charge on any atom is -0.444 e. The Morgan fingerprint density at radius 1 is 1.44 bits per heavy atom. The smallest absolute Gasteiger partial charge is 0.407 e. The average molecular weight is 251 g/mol.